The minimum atomic E-state index is -0.138. The van der Waals surface area contributed by atoms with Crippen LogP contribution in [0.5, 0.6) is 0 Å². The lowest BCUT2D eigenvalue weighted by atomic mass is 10.1. The third-order valence-electron chi connectivity index (χ3n) is 4.65. The van der Waals surface area contributed by atoms with Crippen molar-refractivity contribution in [2.75, 3.05) is 26.3 Å². The number of hydrogen-bond acceptors (Lipinski definition) is 6. The molecule has 1 aromatic carbocycles. The number of aliphatic imine (C=N–C) groups is 1. The van der Waals surface area contributed by atoms with Crippen LogP contribution in [0.1, 0.15) is 24.4 Å². The summed E-state index contributed by atoms with van der Waals surface area (Å²) in [6.45, 7) is 4.70. The summed E-state index contributed by atoms with van der Waals surface area (Å²) in [4.78, 5) is 15.4. The Balaban J connectivity index is 1.52. The lowest BCUT2D eigenvalue weighted by Gasteiger charge is -2.27. The van der Waals surface area contributed by atoms with Crippen LogP contribution in [-0.4, -0.2) is 52.3 Å². The molecule has 0 aliphatic carbocycles. The largest absolute Gasteiger partial charge is 0.378 e. The van der Waals surface area contributed by atoms with Crippen molar-refractivity contribution in [2.24, 2.45) is 10.7 Å². The molecule has 1 saturated heterocycles. The quantitative estimate of drug-likeness (QED) is 0.550. The minimum absolute atomic E-state index is 0.138. The van der Waals surface area contributed by atoms with E-state index in [1.807, 2.05) is 48.2 Å². The molecule has 0 radical (unpaired) electrons. The molecule has 1 aliphatic heterocycles. The van der Waals surface area contributed by atoms with Crippen molar-refractivity contribution in [1.29, 1.82) is 0 Å². The molecule has 1 fully saturated rings. The van der Waals surface area contributed by atoms with Gasteiger partial charge in [0.25, 0.3) is 5.88 Å². The first-order valence-electron chi connectivity index (χ1n) is 9.22. The first-order chi connectivity index (χ1) is 13.7. The van der Waals surface area contributed by atoms with Crippen molar-refractivity contribution in [3.05, 3.63) is 60.2 Å². The fourth-order valence-electron chi connectivity index (χ4n) is 3.00. The van der Waals surface area contributed by atoms with E-state index in [9.17, 15) is 0 Å². The van der Waals surface area contributed by atoms with Crippen LogP contribution in [0.2, 0.25) is 0 Å². The first-order valence-corrected chi connectivity index (χ1v) is 9.22. The summed E-state index contributed by atoms with van der Waals surface area (Å²) in [7, 11) is 0. The molecule has 144 valence electrons. The molecule has 0 spiro atoms. The third-order valence-corrected chi connectivity index (χ3v) is 4.65. The maximum atomic E-state index is 6.07. The Morgan fingerprint density at radius 2 is 1.96 bits per heavy atom. The SMILES string of the molecule is CC(c1cc(N=C(N)N2CCOCC2)on1)c1nccc(-c2ccccc2)n1. The van der Waals surface area contributed by atoms with Gasteiger partial charge in [0.15, 0.2) is 5.96 Å². The van der Waals surface area contributed by atoms with Crippen molar-refractivity contribution in [3.8, 4) is 11.3 Å². The Labute approximate surface area is 163 Å². The second-order valence-electron chi connectivity index (χ2n) is 6.55. The number of hydrogen-bond donors (Lipinski definition) is 1. The van der Waals surface area contributed by atoms with Crippen LogP contribution < -0.4 is 5.73 Å². The normalized spacial score (nSPS) is 16.2. The van der Waals surface area contributed by atoms with Gasteiger partial charge in [-0.1, -0.05) is 35.5 Å². The summed E-state index contributed by atoms with van der Waals surface area (Å²) in [5.41, 5.74) is 8.69. The number of guanidine groups is 1. The van der Waals surface area contributed by atoms with Crippen LogP contribution in [0.4, 0.5) is 5.88 Å². The van der Waals surface area contributed by atoms with Crippen molar-refractivity contribution in [3.63, 3.8) is 0 Å². The Bertz CT molecular complexity index is 950. The second-order valence-corrected chi connectivity index (χ2v) is 6.55. The Morgan fingerprint density at radius 3 is 2.75 bits per heavy atom. The highest BCUT2D eigenvalue weighted by Gasteiger charge is 2.18. The van der Waals surface area contributed by atoms with Gasteiger partial charge in [0, 0.05) is 30.9 Å². The molecule has 28 heavy (non-hydrogen) atoms. The molecule has 0 saturated carbocycles. The van der Waals surface area contributed by atoms with Crippen LogP contribution in [0, 0.1) is 0 Å². The molecular weight excluding hydrogens is 356 g/mol. The summed E-state index contributed by atoms with van der Waals surface area (Å²) in [5, 5.41) is 4.13. The van der Waals surface area contributed by atoms with Crippen LogP contribution in [0.3, 0.4) is 0 Å². The summed E-state index contributed by atoms with van der Waals surface area (Å²) in [5.74, 6) is 1.30. The Morgan fingerprint density at radius 1 is 1.18 bits per heavy atom. The second kappa shape index (κ2) is 8.18. The van der Waals surface area contributed by atoms with Gasteiger partial charge in [0.1, 0.15) is 5.82 Å². The van der Waals surface area contributed by atoms with Crippen LogP contribution in [0.15, 0.2) is 58.2 Å². The smallest absolute Gasteiger partial charge is 0.253 e. The highest BCUT2D eigenvalue weighted by molar-refractivity contribution is 5.80. The van der Waals surface area contributed by atoms with Crippen molar-refractivity contribution < 1.29 is 9.26 Å². The van der Waals surface area contributed by atoms with Gasteiger partial charge in [0.05, 0.1) is 30.5 Å². The average molecular weight is 378 g/mol. The van der Waals surface area contributed by atoms with Gasteiger partial charge in [-0.2, -0.15) is 4.99 Å². The number of ether oxygens (including phenoxy) is 1. The molecule has 8 heteroatoms. The van der Waals surface area contributed by atoms with E-state index in [4.69, 9.17) is 15.0 Å². The predicted octanol–water partition coefficient (Wildman–Crippen LogP) is 2.56. The molecule has 8 nitrogen and oxygen atoms in total. The van der Waals surface area contributed by atoms with Gasteiger partial charge in [-0.15, -0.1) is 0 Å². The van der Waals surface area contributed by atoms with E-state index in [0.717, 1.165) is 11.3 Å². The van der Waals surface area contributed by atoms with Crippen molar-refractivity contribution in [1.82, 2.24) is 20.0 Å². The molecule has 0 bridgehead atoms. The van der Waals surface area contributed by atoms with Gasteiger partial charge < -0.3 is 19.9 Å². The zero-order valence-electron chi connectivity index (χ0n) is 15.7. The summed E-state index contributed by atoms with van der Waals surface area (Å²) < 4.78 is 10.7. The molecule has 1 unspecified atom stereocenters. The molecule has 3 heterocycles. The molecule has 0 amide bonds. The first kappa shape index (κ1) is 18.1. The summed E-state index contributed by atoms with van der Waals surface area (Å²) in [6.07, 6.45) is 1.76. The molecule has 2 aromatic heterocycles. The minimum Gasteiger partial charge on any atom is -0.378 e. The van der Waals surface area contributed by atoms with E-state index in [1.165, 1.54) is 0 Å². The van der Waals surface area contributed by atoms with Crippen LogP contribution in [-0.2, 0) is 4.74 Å². The number of nitrogens with two attached hydrogens (primary N) is 1. The number of morpholine rings is 1. The monoisotopic (exact) mass is 378 g/mol. The maximum Gasteiger partial charge on any atom is 0.253 e. The Kier molecular flexibility index (Phi) is 5.29. The van der Waals surface area contributed by atoms with E-state index in [-0.39, 0.29) is 5.92 Å². The highest BCUT2D eigenvalue weighted by atomic mass is 16.5. The molecule has 4 rings (SSSR count). The highest BCUT2D eigenvalue weighted by Crippen LogP contribution is 2.26. The fraction of sp³-hybridized carbons (Fsp3) is 0.300. The van der Waals surface area contributed by atoms with E-state index in [1.54, 1.807) is 12.3 Å². The number of nitrogens with zero attached hydrogens (tertiary/aromatic N) is 5. The molecule has 1 atom stereocenters. The van der Waals surface area contributed by atoms with Crippen LogP contribution in [0.25, 0.3) is 11.3 Å². The average Bonchev–Trinajstić information content (AvgIpc) is 3.23. The summed E-state index contributed by atoms with van der Waals surface area (Å²) in [6, 6.07) is 13.7. The Hall–Kier alpha value is -3.26. The summed E-state index contributed by atoms with van der Waals surface area (Å²) >= 11 is 0. The fourth-order valence-corrected chi connectivity index (χ4v) is 3.00. The van der Waals surface area contributed by atoms with Gasteiger partial charge >= 0.3 is 0 Å². The number of aromatic nitrogens is 3. The van der Waals surface area contributed by atoms with Crippen molar-refractivity contribution >= 4 is 11.8 Å². The predicted molar refractivity (Wildman–Crippen MR) is 105 cm³/mol. The standard InChI is InChI=1S/C20H22N6O2/c1-14(19-22-8-7-16(23-19)15-5-3-2-4-6-15)17-13-18(28-25-17)24-20(21)26-9-11-27-12-10-26/h2-8,13-14H,9-12H2,1H3,(H2,21,24). The van der Waals surface area contributed by atoms with Crippen LogP contribution >= 0.6 is 0 Å². The molecule has 3 aromatic rings. The third kappa shape index (κ3) is 4.01. The van der Waals surface area contributed by atoms with E-state index in [2.05, 4.69) is 20.1 Å². The number of rotatable bonds is 4. The van der Waals surface area contributed by atoms with E-state index < -0.39 is 0 Å². The zero-order chi connectivity index (χ0) is 19.3. The van der Waals surface area contributed by atoms with E-state index >= 15 is 0 Å². The number of benzene rings is 1. The lowest BCUT2D eigenvalue weighted by molar-refractivity contribution is 0.0675. The zero-order valence-corrected chi connectivity index (χ0v) is 15.7. The van der Waals surface area contributed by atoms with Crippen molar-refractivity contribution in [2.45, 2.75) is 12.8 Å². The van der Waals surface area contributed by atoms with Gasteiger partial charge in [0.2, 0.25) is 0 Å². The van der Waals surface area contributed by atoms with Gasteiger partial charge in [-0.25, -0.2) is 9.97 Å². The molecule has 1 aliphatic rings. The molecular formula is C20H22N6O2. The lowest BCUT2D eigenvalue weighted by Crippen LogP contribution is -2.44. The molecule has 2 N–H and O–H groups in total. The topological polar surface area (TPSA) is 103 Å². The maximum absolute atomic E-state index is 6.07. The van der Waals surface area contributed by atoms with E-state index in [0.29, 0.717) is 49.7 Å². The van der Waals surface area contributed by atoms with Gasteiger partial charge in [-0.3, -0.25) is 0 Å². The van der Waals surface area contributed by atoms with Gasteiger partial charge in [-0.05, 0) is 13.0 Å².